The van der Waals surface area contributed by atoms with Crippen LogP contribution >= 0.6 is 0 Å². The molecular weight excluding hydrogens is 292 g/mol. The van der Waals surface area contributed by atoms with E-state index in [1.807, 2.05) is 12.1 Å². The number of hydrogen-bond donors (Lipinski definition) is 2. The van der Waals surface area contributed by atoms with E-state index in [1.165, 1.54) is 0 Å². The van der Waals surface area contributed by atoms with Gasteiger partial charge in [-0.15, -0.1) is 0 Å². The van der Waals surface area contributed by atoms with Crippen molar-refractivity contribution in [2.45, 2.75) is 12.8 Å². The smallest absolute Gasteiger partial charge is 0.352 e. The van der Waals surface area contributed by atoms with Crippen molar-refractivity contribution >= 4 is 28.4 Å². The first-order valence-electron chi connectivity index (χ1n) is 7.61. The van der Waals surface area contributed by atoms with Crippen molar-refractivity contribution in [3.8, 4) is 0 Å². The van der Waals surface area contributed by atoms with Crippen molar-refractivity contribution in [1.82, 2.24) is 9.88 Å². The zero-order valence-electron chi connectivity index (χ0n) is 12.7. The van der Waals surface area contributed by atoms with E-state index in [2.05, 4.69) is 17.5 Å². The Hall–Kier alpha value is -2.82. The van der Waals surface area contributed by atoms with Crippen LogP contribution in [0.5, 0.6) is 0 Å². The molecule has 0 unspecified atom stereocenters. The first-order chi connectivity index (χ1) is 11.1. The summed E-state index contributed by atoms with van der Waals surface area (Å²) in [6.45, 7) is 0.736. The third-order valence-electron chi connectivity index (χ3n) is 4.65. The molecule has 4 rings (SSSR count). The Morgan fingerprint density at radius 1 is 1.30 bits per heavy atom. The highest BCUT2D eigenvalue weighted by molar-refractivity contribution is 6.13. The Kier molecular flexibility index (Phi) is 2.91. The summed E-state index contributed by atoms with van der Waals surface area (Å²) in [5.74, 6) is -0.921. The monoisotopic (exact) mass is 308 g/mol. The highest BCUT2D eigenvalue weighted by Gasteiger charge is 2.26. The van der Waals surface area contributed by atoms with E-state index in [0.717, 1.165) is 34.3 Å². The number of carbonyl (C=O) groups is 2. The lowest BCUT2D eigenvalue weighted by Crippen LogP contribution is -2.17. The number of benzene rings is 1. The van der Waals surface area contributed by atoms with Gasteiger partial charge in [0.05, 0.1) is 0 Å². The number of fused-ring (bicyclic) bond motifs is 4. The van der Waals surface area contributed by atoms with Gasteiger partial charge in [0, 0.05) is 47.7 Å². The molecule has 0 saturated heterocycles. The van der Waals surface area contributed by atoms with Crippen LogP contribution in [-0.2, 0) is 7.05 Å². The summed E-state index contributed by atoms with van der Waals surface area (Å²) in [5.41, 5.74) is 4.61. The van der Waals surface area contributed by atoms with Crippen LogP contribution < -0.4 is 5.32 Å². The quantitative estimate of drug-likeness (QED) is 0.850. The Balaban J connectivity index is 2.07. The molecule has 0 fully saturated rings. The van der Waals surface area contributed by atoms with Gasteiger partial charge in [-0.1, -0.05) is 18.2 Å². The van der Waals surface area contributed by atoms with E-state index in [-0.39, 0.29) is 11.5 Å². The van der Waals surface area contributed by atoms with Crippen LogP contribution in [0.3, 0.4) is 0 Å². The van der Waals surface area contributed by atoms with Crippen molar-refractivity contribution < 1.29 is 14.7 Å². The molecule has 2 heterocycles. The maximum atomic E-state index is 12.7. The predicted molar refractivity (Wildman–Crippen MR) is 87.5 cm³/mol. The summed E-state index contributed by atoms with van der Waals surface area (Å²) in [6, 6.07) is 5.43. The van der Waals surface area contributed by atoms with E-state index in [9.17, 15) is 14.7 Å². The topological polar surface area (TPSA) is 71.3 Å². The van der Waals surface area contributed by atoms with Gasteiger partial charge in [0.25, 0.3) is 0 Å². The number of nitrogens with one attached hydrogen (secondary N) is 1. The van der Waals surface area contributed by atoms with E-state index in [1.54, 1.807) is 17.7 Å². The van der Waals surface area contributed by atoms with Crippen LogP contribution in [0.2, 0.25) is 0 Å². The zero-order chi connectivity index (χ0) is 16.1. The summed E-state index contributed by atoms with van der Waals surface area (Å²) in [5, 5.41) is 13.4. The van der Waals surface area contributed by atoms with Gasteiger partial charge in [-0.3, -0.25) is 4.79 Å². The number of hydrogen-bond acceptors (Lipinski definition) is 3. The molecule has 23 heavy (non-hydrogen) atoms. The molecule has 0 radical (unpaired) electrons. The number of aromatic carboxylic acids is 1. The van der Waals surface area contributed by atoms with E-state index < -0.39 is 5.97 Å². The SMILES string of the molecule is Cn1c(C(=O)O)cc2c3c(ccc21)C1=C(C=CCN1)CCC3=O. The average Bonchev–Trinajstić information content (AvgIpc) is 2.81. The number of aryl methyl sites for hydroxylation is 1. The van der Waals surface area contributed by atoms with Gasteiger partial charge >= 0.3 is 5.97 Å². The average molecular weight is 308 g/mol. The van der Waals surface area contributed by atoms with E-state index in [4.69, 9.17) is 0 Å². The molecule has 0 saturated carbocycles. The molecule has 0 atom stereocenters. The Bertz CT molecular complexity index is 931. The molecule has 1 aromatic carbocycles. The van der Waals surface area contributed by atoms with Gasteiger partial charge in [-0.2, -0.15) is 0 Å². The van der Waals surface area contributed by atoms with Crippen LogP contribution in [0.25, 0.3) is 16.6 Å². The van der Waals surface area contributed by atoms with Crippen molar-refractivity contribution in [3.63, 3.8) is 0 Å². The summed E-state index contributed by atoms with van der Waals surface area (Å²) in [4.78, 5) is 24.1. The maximum absolute atomic E-state index is 12.7. The van der Waals surface area contributed by atoms with Gasteiger partial charge in [0.2, 0.25) is 0 Å². The molecule has 0 bridgehead atoms. The molecule has 1 aromatic heterocycles. The number of carboxylic acids is 1. The molecular formula is C18H16N2O3. The second kappa shape index (κ2) is 4.84. The molecule has 2 aromatic rings. The predicted octanol–water partition coefficient (Wildman–Crippen LogP) is 2.72. The number of carboxylic acid groups (broad SMARTS) is 1. The Morgan fingerprint density at radius 3 is 2.91 bits per heavy atom. The summed E-state index contributed by atoms with van der Waals surface area (Å²) in [7, 11) is 1.71. The minimum atomic E-state index is -0.989. The van der Waals surface area contributed by atoms with Crippen LogP contribution in [0.1, 0.15) is 39.3 Å². The van der Waals surface area contributed by atoms with E-state index in [0.29, 0.717) is 18.4 Å². The van der Waals surface area contributed by atoms with Crippen molar-refractivity contribution in [1.29, 1.82) is 0 Å². The summed E-state index contributed by atoms with van der Waals surface area (Å²) in [6.07, 6.45) is 5.27. The van der Waals surface area contributed by atoms with E-state index >= 15 is 0 Å². The van der Waals surface area contributed by atoms with Crippen molar-refractivity contribution in [3.05, 3.63) is 52.7 Å². The maximum Gasteiger partial charge on any atom is 0.352 e. The lowest BCUT2D eigenvalue weighted by molar-refractivity contribution is 0.0686. The fourth-order valence-electron chi connectivity index (χ4n) is 3.53. The fourth-order valence-corrected chi connectivity index (χ4v) is 3.53. The highest BCUT2D eigenvalue weighted by Crippen LogP contribution is 2.35. The molecule has 5 nitrogen and oxygen atoms in total. The third kappa shape index (κ3) is 1.93. The minimum absolute atomic E-state index is 0.0674. The number of allylic oxidation sites excluding steroid dienone is 2. The second-order valence-corrected chi connectivity index (χ2v) is 5.92. The lowest BCUT2D eigenvalue weighted by Gasteiger charge is -2.18. The van der Waals surface area contributed by atoms with Crippen molar-refractivity contribution in [2.75, 3.05) is 6.54 Å². The molecule has 0 spiro atoms. The molecule has 1 aliphatic carbocycles. The lowest BCUT2D eigenvalue weighted by atomic mass is 9.96. The number of Topliss-reactive ketones (excluding diaryl/α,β-unsaturated/α-hetero) is 1. The number of dihydropyridines is 1. The number of carbonyl (C=O) groups excluding carboxylic acids is 1. The minimum Gasteiger partial charge on any atom is -0.477 e. The van der Waals surface area contributed by atoms with Crippen LogP contribution in [0, 0.1) is 0 Å². The van der Waals surface area contributed by atoms with Crippen molar-refractivity contribution in [2.24, 2.45) is 7.05 Å². The summed E-state index contributed by atoms with van der Waals surface area (Å²) < 4.78 is 1.62. The molecule has 2 aliphatic rings. The normalized spacial score (nSPS) is 16.8. The molecule has 2 N–H and O–H groups in total. The van der Waals surface area contributed by atoms with Crippen LogP contribution in [-0.4, -0.2) is 28.0 Å². The second-order valence-electron chi connectivity index (χ2n) is 5.92. The third-order valence-corrected chi connectivity index (χ3v) is 4.65. The molecule has 1 aliphatic heterocycles. The largest absolute Gasteiger partial charge is 0.477 e. The number of rotatable bonds is 1. The fraction of sp³-hybridized carbons (Fsp3) is 0.222. The van der Waals surface area contributed by atoms with Gasteiger partial charge < -0.3 is 15.0 Å². The van der Waals surface area contributed by atoms with Crippen LogP contribution in [0.15, 0.2) is 35.9 Å². The molecule has 5 heteroatoms. The first-order valence-corrected chi connectivity index (χ1v) is 7.61. The number of ketones is 1. The molecule has 0 amide bonds. The van der Waals surface area contributed by atoms with Gasteiger partial charge in [0.1, 0.15) is 5.69 Å². The van der Waals surface area contributed by atoms with Gasteiger partial charge in [-0.25, -0.2) is 4.79 Å². The highest BCUT2D eigenvalue weighted by atomic mass is 16.4. The Labute approximate surface area is 132 Å². The van der Waals surface area contributed by atoms with Gasteiger partial charge in [-0.05, 0) is 24.1 Å². The number of aromatic nitrogens is 1. The van der Waals surface area contributed by atoms with Gasteiger partial charge in [0.15, 0.2) is 5.78 Å². The Morgan fingerprint density at radius 2 is 2.13 bits per heavy atom. The first kappa shape index (κ1) is 13.8. The number of nitrogens with zero attached hydrogens (tertiary/aromatic N) is 1. The van der Waals surface area contributed by atoms with Crippen LogP contribution in [0.4, 0.5) is 0 Å². The standard InChI is InChI=1S/C18H16N2O3/c1-20-13-6-5-11-16(12(13)9-14(20)18(22)23)15(21)7-4-10-3-2-8-19-17(10)11/h2-3,5-6,9,19H,4,7-8H2,1H3,(H,22,23). The zero-order valence-corrected chi connectivity index (χ0v) is 12.7. The molecule has 116 valence electrons. The summed E-state index contributed by atoms with van der Waals surface area (Å²) >= 11 is 0.